The number of hydrogen-bond donors (Lipinski definition) is 1. The number of allylic oxidation sites excluding steroid dienone is 1. The second kappa shape index (κ2) is 4.39. The van der Waals surface area contributed by atoms with Crippen LogP contribution in [0.15, 0.2) is 12.2 Å². The largest absolute Gasteiger partial charge is 0.481 e. The first-order chi connectivity index (χ1) is 10.3. The fourth-order valence-corrected chi connectivity index (χ4v) is 7.61. The van der Waals surface area contributed by atoms with Gasteiger partial charge in [-0.25, -0.2) is 0 Å². The van der Waals surface area contributed by atoms with Crippen molar-refractivity contribution >= 4 is 5.97 Å². The first-order valence-electron chi connectivity index (χ1n) is 9.23. The van der Waals surface area contributed by atoms with Crippen LogP contribution in [0.4, 0.5) is 0 Å². The standard InChI is InChI=1S/C20H30O2/c1-13-11-20-10-7-15-18(2,16(20)6-5-14(13)12-20)8-4-9-19(15,3)17(21)22/h14-16H,1,4-12H2,2-3H3,(H,21,22)/t14-,15+,16+,18-,19?,20-/m1/s1. The van der Waals surface area contributed by atoms with Crippen LogP contribution < -0.4 is 0 Å². The van der Waals surface area contributed by atoms with E-state index in [2.05, 4.69) is 13.5 Å². The molecule has 0 amide bonds. The number of carboxylic acid groups (broad SMARTS) is 1. The van der Waals surface area contributed by atoms with E-state index in [1.54, 1.807) is 0 Å². The fraction of sp³-hybridized carbons (Fsp3) is 0.850. The van der Waals surface area contributed by atoms with E-state index >= 15 is 0 Å². The number of fused-ring (bicyclic) bond motifs is 3. The molecule has 0 heterocycles. The highest BCUT2D eigenvalue weighted by molar-refractivity contribution is 5.75. The second-order valence-corrected chi connectivity index (χ2v) is 9.40. The van der Waals surface area contributed by atoms with Gasteiger partial charge in [-0.15, -0.1) is 0 Å². The molecular formula is C20H30O2. The molecule has 1 spiro atoms. The molecule has 22 heavy (non-hydrogen) atoms. The van der Waals surface area contributed by atoms with E-state index in [4.69, 9.17) is 0 Å². The van der Waals surface area contributed by atoms with E-state index in [1.165, 1.54) is 44.1 Å². The first-order valence-corrected chi connectivity index (χ1v) is 9.23. The highest BCUT2D eigenvalue weighted by Crippen LogP contribution is 2.72. The van der Waals surface area contributed by atoms with Crippen LogP contribution in [0.3, 0.4) is 0 Å². The van der Waals surface area contributed by atoms with Crippen LogP contribution in [0.5, 0.6) is 0 Å². The van der Waals surface area contributed by atoms with E-state index in [9.17, 15) is 9.90 Å². The van der Waals surface area contributed by atoms with Crippen LogP contribution in [-0.2, 0) is 4.79 Å². The van der Waals surface area contributed by atoms with Crippen LogP contribution in [0, 0.1) is 34.0 Å². The van der Waals surface area contributed by atoms with Crippen molar-refractivity contribution in [3.05, 3.63) is 12.2 Å². The lowest BCUT2D eigenvalue weighted by atomic mass is 9.41. The van der Waals surface area contributed by atoms with Gasteiger partial charge in [0.15, 0.2) is 0 Å². The van der Waals surface area contributed by atoms with E-state index < -0.39 is 11.4 Å². The molecule has 0 aliphatic heterocycles. The van der Waals surface area contributed by atoms with E-state index in [0.717, 1.165) is 31.1 Å². The maximum atomic E-state index is 12.0. The zero-order valence-electron chi connectivity index (χ0n) is 14.2. The van der Waals surface area contributed by atoms with Crippen molar-refractivity contribution in [2.75, 3.05) is 0 Å². The van der Waals surface area contributed by atoms with Crippen LogP contribution in [-0.4, -0.2) is 11.1 Å². The normalized spacial score (nSPS) is 53.7. The van der Waals surface area contributed by atoms with Gasteiger partial charge in [-0.1, -0.05) is 25.5 Å². The molecule has 4 saturated carbocycles. The third-order valence-electron chi connectivity index (χ3n) is 8.54. The van der Waals surface area contributed by atoms with Gasteiger partial charge in [-0.2, -0.15) is 0 Å². The third-order valence-corrected chi connectivity index (χ3v) is 8.54. The molecule has 2 bridgehead atoms. The Morgan fingerprint density at radius 2 is 1.91 bits per heavy atom. The summed E-state index contributed by atoms with van der Waals surface area (Å²) in [6.45, 7) is 8.86. The van der Waals surface area contributed by atoms with Gasteiger partial charge in [-0.05, 0) is 86.9 Å². The summed E-state index contributed by atoms with van der Waals surface area (Å²) in [6.07, 6.45) is 10.8. The third kappa shape index (κ3) is 1.65. The summed E-state index contributed by atoms with van der Waals surface area (Å²) in [5.74, 6) is 1.32. The molecule has 122 valence electrons. The summed E-state index contributed by atoms with van der Waals surface area (Å²) in [5.41, 5.74) is 1.71. The number of rotatable bonds is 1. The predicted molar refractivity (Wildman–Crippen MR) is 87.4 cm³/mol. The minimum Gasteiger partial charge on any atom is -0.481 e. The summed E-state index contributed by atoms with van der Waals surface area (Å²) in [4.78, 5) is 12.0. The SMILES string of the molecule is C=C1C[C@@]23CC[C@@H]4C(C)(C(=O)O)CCC[C@@]4(C)[C@@H]2CC[C@@H]1C3. The van der Waals surface area contributed by atoms with Gasteiger partial charge >= 0.3 is 5.97 Å². The van der Waals surface area contributed by atoms with Crippen molar-refractivity contribution in [2.24, 2.45) is 34.0 Å². The van der Waals surface area contributed by atoms with Gasteiger partial charge in [0.25, 0.3) is 0 Å². The molecule has 0 aromatic heterocycles. The summed E-state index contributed by atoms with van der Waals surface area (Å²) < 4.78 is 0. The van der Waals surface area contributed by atoms with Gasteiger partial charge in [-0.3, -0.25) is 4.79 Å². The lowest BCUT2D eigenvalue weighted by Gasteiger charge is -2.63. The monoisotopic (exact) mass is 302 g/mol. The highest BCUT2D eigenvalue weighted by Gasteiger charge is 2.64. The zero-order chi connectivity index (χ0) is 15.8. The number of carboxylic acids is 1. The van der Waals surface area contributed by atoms with Gasteiger partial charge in [0, 0.05) is 0 Å². The molecule has 0 aromatic carbocycles. The molecule has 4 aliphatic rings. The van der Waals surface area contributed by atoms with Gasteiger partial charge in [0.1, 0.15) is 0 Å². The van der Waals surface area contributed by atoms with Crippen molar-refractivity contribution in [3.8, 4) is 0 Å². The molecule has 4 fully saturated rings. The number of carbonyl (C=O) groups is 1. The topological polar surface area (TPSA) is 37.3 Å². The summed E-state index contributed by atoms with van der Waals surface area (Å²) in [7, 11) is 0. The molecule has 2 nitrogen and oxygen atoms in total. The summed E-state index contributed by atoms with van der Waals surface area (Å²) in [6, 6.07) is 0. The Hall–Kier alpha value is -0.790. The molecule has 4 rings (SSSR count). The predicted octanol–water partition coefficient (Wildman–Crippen LogP) is 5.04. The van der Waals surface area contributed by atoms with Crippen molar-refractivity contribution in [2.45, 2.75) is 71.6 Å². The lowest BCUT2D eigenvalue weighted by molar-refractivity contribution is -0.181. The molecule has 1 unspecified atom stereocenters. The van der Waals surface area contributed by atoms with Gasteiger partial charge in [0.05, 0.1) is 5.41 Å². The van der Waals surface area contributed by atoms with Crippen molar-refractivity contribution in [3.63, 3.8) is 0 Å². The molecule has 1 N–H and O–H groups in total. The Kier molecular flexibility index (Phi) is 2.95. The average Bonchev–Trinajstić information content (AvgIpc) is 2.68. The van der Waals surface area contributed by atoms with E-state index in [1.807, 2.05) is 6.92 Å². The minimum absolute atomic E-state index is 0.235. The first kappa shape index (κ1) is 14.8. The maximum Gasteiger partial charge on any atom is 0.309 e. The quantitative estimate of drug-likeness (QED) is 0.689. The Labute approximate surface area is 134 Å². The number of hydrogen-bond acceptors (Lipinski definition) is 1. The smallest absolute Gasteiger partial charge is 0.309 e. The lowest BCUT2D eigenvalue weighted by Crippen LogP contribution is -2.58. The summed E-state index contributed by atoms with van der Waals surface area (Å²) in [5, 5.41) is 9.90. The molecular weight excluding hydrogens is 272 g/mol. The minimum atomic E-state index is -0.552. The Bertz CT molecular complexity index is 538. The number of aliphatic carboxylic acids is 1. The van der Waals surface area contributed by atoms with Crippen molar-refractivity contribution in [1.82, 2.24) is 0 Å². The maximum absolute atomic E-state index is 12.0. The van der Waals surface area contributed by atoms with Crippen LogP contribution >= 0.6 is 0 Å². The van der Waals surface area contributed by atoms with Crippen LogP contribution in [0.2, 0.25) is 0 Å². The van der Waals surface area contributed by atoms with E-state index in [-0.39, 0.29) is 5.41 Å². The van der Waals surface area contributed by atoms with Crippen LogP contribution in [0.25, 0.3) is 0 Å². The van der Waals surface area contributed by atoms with Gasteiger partial charge < -0.3 is 5.11 Å². The highest BCUT2D eigenvalue weighted by atomic mass is 16.4. The molecule has 2 heteroatoms. The Balaban J connectivity index is 1.75. The Morgan fingerprint density at radius 3 is 2.64 bits per heavy atom. The molecule has 6 atom stereocenters. The average molecular weight is 302 g/mol. The van der Waals surface area contributed by atoms with Gasteiger partial charge in [0.2, 0.25) is 0 Å². The van der Waals surface area contributed by atoms with Crippen LogP contribution in [0.1, 0.15) is 71.6 Å². The molecule has 0 saturated heterocycles. The fourth-order valence-electron chi connectivity index (χ4n) is 7.61. The Morgan fingerprint density at radius 1 is 1.14 bits per heavy atom. The van der Waals surface area contributed by atoms with Crippen molar-refractivity contribution < 1.29 is 9.90 Å². The second-order valence-electron chi connectivity index (χ2n) is 9.40. The van der Waals surface area contributed by atoms with E-state index in [0.29, 0.717) is 11.3 Å². The molecule has 0 aromatic rings. The molecule has 4 aliphatic carbocycles. The molecule has 0 radical (unpaired) electrons. The zero-order valence-corrected chi connectivity index (χ0v) is 14.2. The van der Waals surface area contributed by atoms with Crippen molar-refractivity contribution in [1.29, 1.82) is 0 Å². The summed E-state index contributed by atoms with van der Waals surface area (Å²) >= 11 is 0.